The van der Waals surface area contributed by atoms with Crippen LogP contribution in [0.3, 0.4) is 0 Å². The van der Waals surface area contributed by atoms with Gasteiger partial charge in [0, 0.05) is 28.4 Å². The third-order valence-corrected chi connectivity index (χ3v) is 5.20. The summed E-state index contributed by atoms with van der Waals surface area (Å²) in [4.78, 5) is 11.8. The van der Waals surface area contributed by atoms with Crippen LogP contribution in [0.2, 0.25) is 0 Å². The number of hydrogen-bond donors (Lipinski definition) is 2. The molecule has 7 nitrogen and oxygen atoms in total. The number of benzene rings is 1. The molecule has 0 aliphatic rings. The van der Waals surface area contributed by atoms with Crippen LogP contribution in [0.25, 0.3) is 0 Å². The van der Waals surface area contributed by atoms with Crippen LogP contribution in [0.15, 0.2) is 35.2 Å². The summed E-state index contributed by atoms with van der Waals surface area (Å²) >= 11 is 1.49. The molecule has 0 spiro atoms. The van der Waals surface area contributed by atoms with Crippen LogP contribution >= 0.6 is 11.3 Å². The molecule has 9 heteroatoms. The average molecular weight is 327 g/mol. The summed E-state index contributed by atoms with van der Waals surface area (Å²) < 4.78 is 26.7. The molecule has 0 unspecified atom stereocenters. The zero-order chi connectivity index (χ0) is 15.6. The van der Waals surface area contributed by atoms with Gasteiger partial charge >= 0.3 is 0 Å². The van der Waals surface area contributed by atoms with Crippen molar-refractivity contribution >= 4 is 32.7 Å². The molecule has 0 aliphatic heterocycles. The van der Waals surface area contributed by atoms with E-state index in [0.717, 1.165) is 28.0 Å². The third kappa shape index (κ3) is 3.57. The molecule has 0 fully saturated rings. The van der Waals surface area contributed by atoms with E-state index >= 15 is 0 Å². The maximum absolute atomic E-state index is 12.2. The van der Waals surface area contributed by atoms with E-state index in [9.17, 15) is 18.5 Å². The summed E-state index contributed by atoms with van der Waals surface area (Å²) in [6.45, 7) is 2.08. The molecule has 0 saturated heterocycles. The predicted octanol–water partition coefficient (Wildman–Crippen LogP) is 2.03. The molecule has 2 aromatic rings. The number of nitro groups is 1. The van der Waals surface area contributed by atoms with Crippen LogP contribution in [-0.2, 0) is 16.6 Å². The lowest BCUT2D eigenvalue weighted by Gasteiger charge is -2.08. The molecule has 0 bridgehead atoms. The monoisotopic (exact) mass is 327 g/mol. The molecular formula is C12H13N3O4S2. The standard InChI is InChI=1S/C12H13N3O4S2/c1-8-2-4-10(20-8)7-14-21(18,19)12-5-3-9(15(16)17)6-11(12)13/h2-6,14H,7,13H2,1H3. The fraction of sp³-hybridized carbons (Fsp3) is 0.167. The van der Waals surface area contributed by atoms with E-state index in [1.807, 2.05) is 19.1 Å². The lowest BCUT2D eigenvalue weighted by Crippen LogP contribution is -2.23. The van der Waals surface area contributed by atoms with Crippen molar-refractivity contribution in [2.75, 3.05) is 5.73 Å². The minimum absolute atomic E-state index is 0.150. The molecule has 0 radical (unpaired) electrons. The Bertz CT molecular complexity index is 784. The van der Waals surface area contributed by atoms with Crippen molar-refractivity contribution in [2.24, 2.45) is 0 Å². The summed E-state index contributed by atoms with van der Waals surface area (Å²) in [6.07, 6.45) is 0. The summed E-state index contributed by atoms with van der Waals surface area (Å²) in [7, 11) is -3.81. The van der Waals surface area contributed by atoms with Crippen molar-refractivity contribution in [3.05, 3.63) is 50.2 Å². The Morgan fingerprint density at radius 1 is 1.33 bits per heavy atom. The van der Waals surface area contributed by atoms with Crippen LogP contribution in [0.1, 0.15) is 9.75 Å². The van der Waals surface area contributed by atoms with Crippen molar-refractivity contribution in [2.45, 2.75) is 18.4 Å². The Hall–Kier alpha value is -1.97. The number of aryl methyl sites for hydroxylation is 1. The highest BCUT2D eigenvalue weighted by atomic mass is 32.2. The largest absolute Gasteiger partial charge is 0.397 e. The second kappa shape index (κ2) is 5.80. The quantitative estimate of drug-likeness (QED) is 0.495. The van der Waals surface area contributed by atoms with Gasteiger partial charge in [0.1, 0.15) is 4.90 Å². The molecule has 0 amide bonds. The second-order valence-corrected chi connectivity index (χ2v) is 7.42. The molecule has 3 N–H and O–H groups in total. The third-order valence-electron chi connectivity index (χ3n) is 2.73. The number of nitrogens with zero attached hydrogens (tertiary/aromatic N) is 1. The van der Waals surface area contributed by atoms with Crippen molar-refractivity contribution in [3.63, 3.8) is 0 Å². The van der Waals surface area contributed by atoms with Gasteiger partial charge in [-0.1, -0.05) is 0 Å². The number of rotatable bonds is 5. The minimum atomic E-state index is -3.81. The average Bonchev–Trinajstić information content (AvgIpc) is 2.82. The van der Waals surface area contributed by atoms with Gasteiger partial charge in [-0.05, 0) is 25.1 Å². The van der Waals surface area contributed by atoms with Gasteiger partial charge in [-0.2, -0.15) is 0 Å². The molecule has 1 aromatic heterocycles. The smallest absolute Gasteiger partial charge is 0.271 e. The van der Waals surface area contributed by atoms with E-state index in [4.69, 9.17) is 5.73 Å². The first-order valence-corrected chi connectivity index (χ1v) is 8.18. The van der Waals surface area contributed by atoms with Gasteiger partial charge in [0.2, 0.25) is 10.0 Å². The van der Waals surface area contributed by atoms with Crippen LogP contribution in [0.5, 0.6) is 0 Å². The van der Waals surface area contributed by atoms with Crippen molar-refractivity contribution in [1.82, 2.24) is 4.72 Å². The minimum Gasteiger partial charge on any atom is -0.397 e. The van der Waals surface area contributed by atoms with Crippen LogP contribution in [0.4, 0.5) is 11.4 Å². The Kier molecular flexibility index (Phi) is 4.26. The fourth-order valence-corrected chi connectivity index (χ4v) is 3.76. The summed E-state index contributed by atoms with van der Waals surface area (Å²) in [5, 5.41) is 10.6. The van der Waals surface area contributed by atoms with Gasteiger partial charge in [-0.25, -0.2) is 13.1 Å². The first-order valence-electron chi connectivity index (χ1n) is 5.88. The van der Waals surface area contributed by atoms with Crippen molar-refractivity contribution in [1.29, 1.82) is 0 Å². The van der Waals surface area contributed by atoms with E-state index in [1.54, 1.807) is 0 Å². The van der Waals surface area contributed by atoms with E-state index in [1.165, 1.54) is 11.3 Å². The van der Waals surface area contributed by atoms with Gasteiger partial charge in [0.25, 0.3) is 5.69 Å². The number of sulfonamides is 1. The number of non-ortho nitro benzene ring substituents is 1. The van der Waals surface area contributed by atoms with E-state index in [-0.39, 0.29) is 22.8 Å². The maximum atomic E-state index is 12.2. The normalized spacial score (nSPS) is 11.5. The molecular weight excluding hydrogens is 314 g/mol. The molecule has 112 valence electrons. The lowest BCUT2D eigenvalue weighted by molar-refractivity contribution is -0.384. The highest BCUT2D eigenvalue weighted by molar-refractivity contribution is 7.89. The van der Waals surface area contributed by atoms with Crippen molar-refractivity contribution in [3.8, 4) is 0 Å². The maximum Gasteiger partial charge on any atom is 0.271 e. The van der Waals surface area contributed by atoms with E-state index < -0.39 is 14.9 Å². The first kappa shape index (κ1) is 15.4. The predicted molar refractivity (Wildman–Crippen MR) is 80.6 cm³/mol. The molecule has 1 heterocycles. The molecule has 0 atom stereocenters. The van der Waals surface area contributed by atoms with Gasteiger partial charge in [-0.3, -0.25) is 10.1 Å². The van der Waals surface area contributed by atoms with Crippen molar-refractivity contribution < 1.29 is 13.3 Å². The Balaban J connectivity index is 2.21. The molecule has 0 aliphatic carbocycles. The van der Waals surface area contributed by atoms with Gasteiger partial charge in [-0.15, -0.1) is 11.3 Å². The van der Waals surface area contributed by atoms with Gasteiger partial charge < -0.3 is 5.73 Å². The Morgan fingerprint density at radius 2 is 2.05 bits per heavy atom. The van der Waals surface area contributed by atoms with Crippen LogP contribution in [0, 0.1) is 17.0 Å². The van der Waals surface area contributed by atoms with Gasteiger partial charge in [0.15, 0.2) is 0 Å². The second-order valence-electron chi connectivity index (χ2n) is 4.32. The number of nitrogen functional groups attached to an aromatic ring is 1. The first-order chi connectivity index (χ1) is 9.79. The van der Waals surface area contributed by atoms with Crippen LogP contribution in [-0.4, -0.2) is 13.3 Å². The SMILES string of the molecule is Cc1ccc(CNS(=O)(=O)c2ccc([N+](=O)[O-])cc2N)s1. The number of nitro benzene ring substituents is 1. The Labute approximate surface area is 125 Å². The number of anilines is 1. The number of nitrogens with one attached hydrogen (secondary N) is 1. The number of hydrogen-bond acceptors (Lipinski definition) is 6. The van der Waals surface area contributed by atoms with Gasteiger partial charge in [0.05, 0.1) is 10.6 Å². The van der Waals surface area contributed by atoms with Crippen LogP contribution < -0.4 is 10.5 Å². The number of nitrogens with two attached hydrogens (primary N) is 1. The number of thiophene rings is 1. The molecule has 2 rings (SSSR count). The summed E-state index contributed by atoms with van der Waals surface area (Å²) in [6, 6.07) is 7.01. The lowest BCUT2D eigenvalue weighted by atomic mass is 10.3. The zero-order valence-electron chi connectivity index (χ0n) is 11.1. The van der Waals surface area contributed by atoms with E-state index in [0.29, 0.717) is 0 Å². The highest BCUT2D eigenvalue weighted by Gasteiger charge is 2.20. The fourth-order valence-electron chi connectivity index (χ4n) is 1.72. The summed E-state index contributed by atoms with van der Waals surface area (Å²) in [5.41, 5.74) is 5.19. The Morgan fingerprint density at radius 3 is 2.57 bits per heavy atom. The van der Waals surface area contributed by atoms with E-state index in [2.05, 4.69) is 4.72 Å². The molecule has 0 saturated carbocycles. The summed E-state index contributed by atoms with van der Waals surface area (Å²) in [5.74, 6) is 0. The topological polar surface area (TPSA) is 115 Å². The zero-order valence-corrected chi connectivity index (χ0v) is 12.7. The molecule has 1 aromatic carbocycles. The highest BCUT2D eigenvalue weighted by Crippen LogP contribution is 2.24. The molecule has 21 heavy (non-hydrogen) atoms.